The topological polar surface area (TPSA) is 58.6 Å². The number of carbonyl (C=O) groups excluding carboxylic acids is 2. The predicted octanol–water partition coefficient (Wildman–Crippen LogP) is 2.28. The average molecular weight is 348 g/mol. The molecule has 1 heterocycles. The van der Waals surface area contributed by atoms with Gasteiger partial charge in [-0.05, 0) is 31.2 Å². The number of hydrogen-bond acceptors (Lipinski definition) is 3. The van der Waals surface area contributed by atoms with E-state index in [0.29, 0.717) is 44.0 Å². The minimum absolute atomic E-state index is 0.0588. The first-order chi connectivity index (χ1) is 12.1. The predicted molar refractivity (Wildman–Crippen MR) is 91.2 cm³/mol. The van der Waals surface area contributed by atoms with Gasteiger partial charge in [-0.2, -0.15) is 0 Å². The fraction of sp³-hybridized carbons (Fsp3) is 0.579. The average Bonchev–Trinajstić information content (AvgIpc) is 3.43. The highest BCUT2D eigenvalue weighted by Gasteiger charge is 2.41. The Kier molecular flexibility index (Phi) is 5.68. The Morgan fingerprint density at radius 1 is 1.32 bits per heavy atom. The Bertz CT molecular complexity index is 633. The van der Waals surface area contributed by atoms with Gasteiger partial charge in [0, 0.05) is 32.2 Å². The van der Waals surface area contributed by atoms with Crippen molar-refractivity contribution < 1.29 is 18.7 Å². The van der Waals surface area contributed by atoms with E-state index >= 15 is 0 Å². The summed E-state index contributed by atoms with van der Waals surface area (Å²) in [5.41, 5.74) is 0.401. The molecule has 1 aromatic carbocycles. The van der Waals surface area contributed by atoms with Crippen molar-refractivity contribution in [2.24, 2.45) is 11.8 Å². The number of rotatable bonds is 7. The van der Waals surface area contributed by atoms with E-state index in [2.05, 4.69) is 5.32 Å². The minimum Gasteiger partial charge on any atom is -0.383 e. The standard InChI is InChI=1S/C19H25FN2O3/c1-25-11-10-22-17(23)9-8-15(19(24)21-12-13-6-7-13)18(22)14-4-2-3-5-16(14)20/h2-5,13,15,18H,6-12H2,1H3,(H,21,24)/t15-,18+/m1/s1. The molecule has 136 valence electrons. The quantitative estimate of drug-likeness (QED) is 0.822. The van der Waals surface area contributed by atoms with E-state index in [4.69, 9.17) is 4.74 Å². The first-order valence-electron chi connectivity index (χ1n) is 8.92. The number of amides is 2. The molecule has 0 unspecified atom stereocenters. The molecule has 25 heavy (non-hydrogen) atoms. The number of nitrogens with zero attached hydrogens (tertiary/aromatic N) is 1. The number of halogens is 1. The lowest BCUT2D eigenvalue weighted by molar-refractivity contribution is -0.144. The Hall–Kier alpha value is -1.95. The van der Waals surface area contributed by atoms with Gasteiger partial charge < -0.3 is 15.0 Å². The molecule has 3 rings (SSSR count). The van der Waals surface area contributed by atoms with Gasteiger partial charge >= 0.3 is 0 Å². The summed E-state index contributed by atoms with van der Waals surface area (Å²) in [6.45, 7) is 1.37. The van der Waals surface area contributed by atoms with Gasteiger partial charge in [-0.15, -0.1) is 0 Å². The van der Waals surface area contributed by atoms with Crippen LogP contribution in [-0.2, 0) is 14.3 Å². The van der Waals surface area contributed by atoms with Crippen molar-refractivity contribution in [3.63, 3.8) is 0 Å². The first kappa shape index (κ1) is 17.9. The molecule has 2 fully saturated rings. The van der Waals surface area contributed by atoms with Gasteiger partial charge in [0.15, 0.2) is 0 Å². The number of methoxy groups -OCH3 is 1. The summed E-state index contributed by atoms with van der Waals surface area (Å²) in [4.78, 5) is 26.8. The van der Waals surface area contributed by atoms with Crippen molar-refractivity contribution >= 4 is 11.8 Å². The van der Waals surface area contributed by atoms with Crippen molar-refractivity contribution in [1.29, 1.82) is 0 Å². The second-order valence-corrected chi connectivity index (χ2v) is 6.88. The van der Waals surface area contributed by atoms with Crippen molar-refractivity contribution in [3.8, 4) is 0 Å². The van der Waals surface area contributed by atoms with Crippen LogP contribution in [0, 0.1) is 17.7 Å². The largest absolute Gasteiger partial charge is 0.383 e. The Balaban J connectivity index is 1.86. The van der Waals surface area contributed by atoms with Crippen LogP contribution in [0.1, 0.15) is 37.3 Å². The number of hydrogen-bond donors (Lipinski definition) is 1. The third-order valence-corrected chi connectivity index (χ3v) is 5.07. The molecule has 0 radical (unpaired) electrons. The molecule has 5 nitrogen and oxygen atoms in total. The van der Waals surface area contributed by atoms with Crippen LogP contribution in [0.15, 0.2) is 24.3 Å². The minimum atomic E-state index is -0.586. The molecule has 6 heteroatoms. The van der Waals surface area contributed by atoms with Crippen LogP contribution in [0.5, 0.6) is 0 Å². The summed E-state index contributed by atoms with van der Waals surface area (Å²) in [6, 6.07) is 5.81. The summed E-state index contributed by atoms with van der Waals surface area (Å²) in [7, 11) is 1.56. The molecule has 0 bridgehead atoms. The van der Waals surface area contributed by atoms with E-state index in [-0.39, 0.29) is 17.6 Å². The highest BCUT2D eigenvalue weighted by molar-refractivity contribution is 5.85. The lowest BCUT2D eigenvalue weighted by Gasteiger charge is -2.40. The molecule has 2 aliphatic rings. The number of likely N-dealkylation sites (tertiary alicyclic amines) is 1. The van der Waals surface area contributed by atoms with Gasteiger partial charge in [-0.25, -0.2) is 4.39 Å². The van der Waals surface area contributed by atoms with E-state index in [1.165, 1.54) is 6.07 Å². The van der Waals surface area contributed by atoms with Crippen molar-refractivity contribution in [2.45, 2.75) is 31.7 Å². The summed E-state index contributed by atoms with van der Waals surface area (Å²) >= 11 is 0. The molecule has 2 amide bonds. The van der Waals surface area contributed by atoms with Gasteiger partial charge in [-0.3, -0.25) is 9.59 Å². The molecule has 0 spiro atoms. The SMILES string of the molecule is COCCN1C(=O)CC[C@@H](C(=O)NCC2CC2)[C@@H]1c1ccccc1F. The molecule has 1 aromatic rings. The molecule has 1 aliphatic carbocycles. The maximum atomic E-state index is 14.5. The lowest BCUT2D eigenvalue weighted by atomic mass is 9.83. The van der Waals surface area contributed by atoms with Crippen molar-refractivity contribution in [1.82, 2.24) is 10.2 Å². The summed E-state index contributed by atoms with van der Waals surface area (Å²) < 4.78 is 19.6. The van der Waals surface area contributed by atoms with Gasteiger partial charge in [-0.1, -0.05) is 18.2 Å². The third-order valence-electron chi connectivity index (χ3n) is 5.07. The smallest absolute Gasteiger partial charge is 0.225 e. The molecule has 1 saturated carbocycles. The molecule has 1 aliphatic heterocycles. The number of ether oxygens (including phenoxy) is 1. The summed E-state index contributed by atoms with van der Waals surface area (Å²) in [5.74, 6) is -0.396. The van der Waals surface area contributed by atoms with Gasteiger partial charge in [0.1, 0.15) is 5.82 Å². The molecule has 1 saturated heterocycles. The van der Waals surface area contributed by atoms with Crippen LogP contribution < -0.4 is 5.32 Å². The Labute approximate surface area is 147 Å². The number of piperidine rings is 1. The van der Waals surface area contributed by atoms with E-state index in [1.54, 1.807) is 30.2 Å². The van der Waals surface area contributed by atoms with Gasteiger partial charge in [0.2, 0.25) is 11.8 Å². The summed E-state index contributed by atoms with van der Waals surface area (Å²) in [5, 5.41) is 2.99. The van der Waals surface area contributed by atoms with Gasteiger partial charge in [0.05, 0.1) is 18.6 Å². The highest BCUT2D eigenvalue weighted by Crippen LogP contribution is 2.38. The number of benzene rings is 1. The van der Waals surface area contributed by atoms with Crippen molar-refractivity contribution in [3.05, 3.63) is 35.6 Å². The van der Waals surface area contributed by atoms with E-state index in [1.807, 2.05) is 0 Å². The normalized spacial score (nSPS) is 23.6. The number of carbonyl (C=O) groups is 2. The van der Waals surface area contributed by atoms with E-state index < -0.39 is 12.0 Å². The second-order valence-electron chi connectivity index (χ2n) is 6.88. The molecule has 2 atom stereocenters. The van der Waals surface area contributed by atoms with E-state index in [9.17, 15) is 14.0 Å². The summed E-state index contributed by atoms with van der Waals surface area (Å²) in [6.07, 6.45) is 3.05. The molecule has 1 N–H and O–H groups in total. The zero-order valence-electron chi connectivity index (χ0n) is 14.5. The van der Waals surface area contributed by atoms with E-state index in [0.717, 1.165) is 12.8 Å². The zero-order valence-corrected chi connectivity index (χ0v) is 14.5. The monoisotopic (exact) mass is 348 g/mol. The van der Waals surface area contributed by atoms with Crippen LogP contribution in [0.3, 0.4) is 0 Å². The second kappa shape index (κ2) is 7.95. The van der Waals surface area contributed by atoms with Crippen LogP contribution in [0.25, 0.3) is 0 Å². The third kappa shape index (κ3) is 4.18. The molecule has 0 aromatic heterocycles. The van der Waals surface area contributed by atoms with Crippen LogP contribution in [-0.4, -0.2) is 43.5 Å². The van der Waals surface area contributed by atoms with Crippen LogP contribution in [0.2, 0.25) is 0 Å². The Morgan fingerprint density at radius 2 is 2.08 bits per heavy atom. The van der Waals surface area contributed by atoms with Crippen LogP contribution >= 0.6 is 0 Å². The van der Waals surface area contributed by atoms with Gasteiger partial charge in [0.25, 0.3) is 0 Å². The lowest BCUT2D eigenvalue weighted by Crippen LogP contribution is -2.49. The molecular weight excluding hydrogens is 323 g/mol. The maximum absolute atomic E-state index is 14.5. The number of nitrogens with one attached hydrogen (secondary N) is 1. The zero-order chi connectivity index (χ0) is 17.8. The fourth-order valence-corrected chi connectivity index (χ4v) is 3.48. The fourth-order valence-electron chi connectivity index (χ4n) is 3.48. The Morgan fingerprint density at radius 3 is 2.76 bits per heavy atom. The molecular formula is C19H25FN2O3. The maximum Gasteiger partial charge on any atom is 0.225 e. The van der Waals surface area contributed by atoms with Crippen molar-refractivity contribution in [2.75, 3.05) is 26.8 Å². The first-order valence-corrected chi connectivity index (χ1v) is 8.92. The van der Waals surface area contributed by atoms with Crippen LogP contribution in [0.4, 0.5) is 4.39 Å². The highest BCUT2D eigenvalue weighted by atomic mass is 19.1.